The summed E-state index contributed by atoms with van der Waals surface area (Å²) in [6.45, 7) is 9.15. The zero-order valence-electron chi connectivity index (χ0n) is 24.2. The third-order valence-electron chi connectivity index (χ3n) is 6.95. The van der Waals surface area contributed by atoms with Crippen molar-refractivity contribution < 1.29 is 42.1 Å². The van der Waals surface area contributed by atoms with Crippen molar-refractivity contribution in [2.75, 3.05) is 26.4 Å². The number of rotatable bonds is 11. The molecule has 0 saturated carbocycles. The molecule has 0 spiro atoms. The number of amides is 1. The van der Waals surface area contributed by atoms with Gasteiger partial charge >= 0.3 is 12.1 Å². The van der Waals surface area contributed by atoms with Gasteiger partial charge in [0.2, 0.25) is 5.62 Å². The maximum absolute atomic E-state index is 13.4. The zero-order chi connectivity index (χ0) is 30.7. The van der Waals surface area contributed by atoms with Crippen molar-refractivity contribution in [2.24, 2.45) is 4.99 Å². The summed E-state index contributed by atoms with van der Waals surface area (Å²) in [6.07, 6.45) is -4.23. The topological polar surface area (TPSA) is 104 Å². The largest absolute Gasteiger partial charge is 0.466 e. The standard InChI is InChI=1S/C29H36F3N3O6Si/c1-20(36)41-12-6-11-34-24-10-9-22(28(38)17-40-18-28)16-25(24)35(19-39-13-14-42(2,3)4)27(34)33-26(37)21-7-5-8-23(15-21)29(30,31)32/h5,7-10,15-16,38H,6,11-14,17-19H2,1-4H3/b33-27-. The molecule has 1 saturated heterocycles. The lowest BCUT2D eigenvalue weighted by molar-refractivity contribution is -0.184. The number of aromatic nitrogens is 2. The minimum atomic E-state index is -4.62. The molecule has 9 nitrogen and oxygen atoms in total. The Bertz CT molecular complexity index is 1520. The van der Waals surface area contributed by atoms with E-state index in [1.807, 2.05) is 0 Å². The van der Waals surface area contributed by atoms with Gasteiger partial charge in [-0.05, 0) is 48.4 Å². The molecule has 1 N–H and O–H groups in total. The number of hydrogen-bond acceptors (Lipinski definition) is 6. The molecule has 1 aliphatic heterocycles. The number of imidazole rings is 1. The summed E-state index contributed by atoms with van der Waals surface area (Å²) < 4.78 is 59.8. The van der Waals surface area contributed by atoms with Crippen molar-refractivity contribution in [3.8, 4) is 0 Å². The molecule has 3 aromatic rings. The van der Waals surface area contributed by atoms with Crippen LogP contribution >= 0.6 is 0 Å². The lowest BCUT2D eigenvalue weighted by Gasteiger charge is -2.36. The number of aliphatic hydroxyl groups is 1. The van der Waals surface area contributed by atoms with E-state index in [9.17, 15) is 27.9 Å². The summed E-state index contributed by atoms with van der Waals surface area (Å²) in [5, 5.41) is 10.9. The monoisotopic (exact) mass is 607 g/mol. The summed E-state index contributed by atoms with van der Waals surface area (Å²) in [7, 11) is -1.41. The Morgan fingerprint density at radius 1 is 1.07 bits per heavy atom. The minimum Gasteiger partial charge on any atom is -0.466 e. The first-order valence-electron chi connectivity index (χ1n) is 13.7. The van der Waals surface area contributed by atoms with Gasteiger partial charge in [0, 0.05) is 33.7 Å². The molecule has 0 aliphatic carbocycles. The predicted octanol–water partition coefficient (Wildman–Crippen LogP) is 4.69. The quantitative estimate of drug-likeness (QED) is 0.193. The van der Waals surface area contributed by atoms with Crippen molar-refractivity contribution in [1.29, 1.82) is 0 Å². The van der Waals surface area contributed by atoms with E-state index in [4.69, 9.17) is 14.2 Å². The van der Waals surface area contributed by atoms with Crippen LogP contribution in [0.4, 0.5) is 13.2 Å². The van der Waals surface area contributed by atoms with E-state index in [-0.39, 0.29) is 44.3 Å². The Morgan fingerprint density at radius 3 is 2.43 bits per heavy atom. The van der Waals surface area contributed by atoms with Crippen LogP contribution in [0.3, 0.4) is 0 Å². The highest BCUT2D eigenvalue weighted by Gasteiger charge is 2.38. The first kappa shape index (κ1) is 31.7. The number of nitrogens with zero attached hydrogens (tertiary/aromatic N) is 3. The molecule has 0 radical (unpaired) electrons. The summed E-state index contributed by atoms with van der Waals surface area (Å²) in [4.78, 5) is 28.9. The molecule has 13 heteroatoms. The van der Waals surface area contributed by atoms with Crippen molar-refractivity contribution in [2.45, 2.75) is 64.1 Å². The second kappa shape index (κ2) is 12.5. The summed E-state index contributed by atoms with van der Waals surface area (Å²) in [5.74, 6) is -1.28. The molecular weight excluding hydrogens is 571 g/mol. The number of aryl methyl sites for hydroxylation is 1. The summed E-state index contributed by atoms with van der Waals surface area (Å²) in [6, 6.07) is 10.4. The fraction of sp³-hybridized carbons (Fsp3) is 0.483. The molecule has 2 aromatic carbocycles. The van der Waals surface area contributed by atoms with E-state index in [0.29, 0.717) is 29.6 Å². The van der Waals surface area contributed by atoms with E-state index in [1.165, 1.54) is 19.1 Å². The number of alkyl halides is 3. The van der Waals surface area contributed by atoms with Crippen LogP contribution in [0.15, 0.2) is 47.5 Å². The average Bonchev–Trinajstić information content (AvgIpc) is 3.17. The summed E-state index contributed by atoms with van der Waals surface area (Å²) in [5.41, 5.74) is -0.267. The number of esters is 1. The highest BCUT2D eigenvalue weighted by Crippen LogP contribution is 2.32. The van der Waals surface area contributed by atoms with E-state index in [0.717, 1.165) is 18.2 Å². The highest BCUT2D eigenvalue weighted by atomic mass is 28.3. The molecule has 42 heavy (non-hydrogen) atoms. The lowest BCUT2D eigenvalue weighted by atomic mass is 9.92. The molecule has 1 aliphatic rings. The fourth-order valence-corrected chi connectivity index (χ4v) is 5.26. The Kier molecular flexibility index (Phi) is 9.45. The van der Waals surface area contributed by atoms with Crippen LogP contribution in [0.25, 0.3) is 11.0 Å². The van der Waals surface area contributed by atoms with E-state index in [2.05, 4.69) is 24.6 Å². The second-order valence-corrected chi connectivity index (χ2v) is 17.3. The third-order valence-corrected chi connectivity index (χ3v) is 8.65. The summed E-state index contributed by atoms with van der Waals surface area (Å²) >= 11 is 0. The van der Waals surface area contributed by atoms with Gasteiger partial charge in [-0.1, -0.05) is 31.8 Å². The number of hydrogen-bond donors (Lipinski definition) is 1. The van der Waals surface area contributed by atoms with Crippen molar-refractivity contribution in [3.63, 3.8) is 0 Å². The van der Waals surface area contributed by atoms with Gasteiger partial charge in [0.15, 0.2) is 0 Å². The van der Waals surface area contributed by atoms with Crippen LogP contribution in [-0.4, -0.2) is 60.6 Å². The minimum absolute atomic E-state index is 0.0189. The van der Waals surface area contributed by atoms with E-state index < -0.39 is 37.3 Å². The Labute approximate surface area is 242 Å². The second-order valence-electron chi connectivity index (χ2n) is 11.6. The first-order chi connectivity index (χ1) is 19.7. The van der Waals surface area contributed by atoms with Gasteiger partial charge in [-0.3, -0.25) is 14.2 Å². The molecule has 1 amide bonds. The molecule has 2 heterocycles. The number of ether oxygens (including phenoxy) is 3. The maximum Gasteiger partial charge on any atom is 0.416 e. The predicted molar refractivity (Wildman–Crippen MR) is 151 cm³/mol. The Hall–Kier alpha value is -3.26. The Morgan fingerprint density at radius 2 is 1.81 bits per heavy atom. The molecule has 0 atom stereocenters. The SMILES string of the molecule is CC(=O)OCCCn1/c(=N/C(=O)c2cccc(C(F)(F)F)c2)n(COCC[Si](C)(C)C)c2cc(C3(O)COC3)ccc21. The average molecular weight is 608 g/mol. The fourth-order valence-electron chi connectivity index (χ4n) is 4.51. The van der Waals surface area contributed by atoms with Crippen molar-refractivity contribution >= 4 is 31.0 Å². The van der Waals surface area contributed by atoms with Crippen LogP contribution in [0, 0.1) is 0 Å². The number of benzene rings is 2. The van der Waals surface area contributed by atoms with Crippen LogP contribution < -0.4 is 5.62 Å². The van der Waals surface area contributed by atoms with Crippen LogP contribution in [0.1, 0.15) is 34.8 Å². The van der Waals surface area contributed by atoms with Gasteiger partial charge < -0.3 is 23.9 Å². The molecule has 0 bridgehead atoms. The Balaban J connectivity index is 1.84. The number of carbonyl (C=O) groups is 2. The van der Waals surface area contributed by atoms with Gasteiger partial charge in [-0.2, -0.15) is 18.2 Å². The lowest BCUT2D eigenvalue weighted by Crippen LogP contribution is -2.46. The third kappa shape index (κ3) is 7.57. The van der Waals surface area contributed by atoms with Crippen LogP contribution in [0.5, 0.6) is 0 Å². The maximum atomic E-state index is 13.4. The van der Waals surface area contributed by atoms with Gasteiger partial charge in [0.05, 0.1) is 36.4 Å². The van der Waals surface area contributed by atoms with Gasteiger partial charge in [0.1, 0.15) is 12.3 Å². The van der Waals surface area contributed by atoms with E-state index >= 15 is 0 Å². The molecule has 0 unspecified atom stereocenters. The molecular formula is C29H36F3N3O6Si. The normalized spacial score (nSPS) is 15.6. The molecule has 228 valence electrons. The van der Waals surface area contributed by atoms with E-state index in [1.54, 1.807) is 27.3 Å². The van der Waals surface area contributed by atoms with Crippen LogP contribution in [-0.2, 0) is 44.1 Å². The van der Waals surface area contributed by atoms with Crippen molar-refractivity contribution in [1.82, 2.24) is 9.13 Å². The highest BCUT2D eigenvalue weighted by molar-refractivity contribution is 6.76. The molecule has 1 fully saturated rings. The zero-order valence-corrected chi connectivity index (χ0v) is 25.2. The number of halogens is 3. The first-order valence-corrected chi connectivity index (χ1v) is 17.4. The molecule has 4 rings (SSSR count). The molecule has 1 aromatic heterocycles. The van der Waals surface area contributed by atoms with Gasteiger partial charge in [0.25, 0.3) is 5.91 Å². The van der Waals surface area contributed by atoms with Gasteiger partial charge in [-0.15, -0.1) is 0 Å². The number of carbonyl (C=O) groups excluding carboxylic acids is 2. The smallest absolute Gasteiger partial charge is 0.416 e. The van der Waals surface area contributed by atoms with Crippen LogP contribution in [0.2, 0.25) is 25.7 Å². The van der Waals surface area contributed by atoms with Crippen molar-refractivity contribution in [3.05, 3.63) is 64.8 Å². The number of fused-ring (bicyclic) bond motifs is 1. The van der Waals surface area contributed by atoms with Gasteiger partial charge in [-0.25, -0.2) is 0 Å².